The maximum Gasteiger partial charge on any atom is 0.240 e. The summed E-state index contributed by atoms with van der Waals surface area (Å²) in [5.41, 5.74) is 1.93. The minimum absolute atomic E-state index is 0.115. The molecule has 1 heterocycles. The van der Waals surface area contributed by atoms with E-state index in [0.29, 0.717) is 17.1 Å². The SMILES string of the molecule is COCC(C)NS(=O)(=O)c1ccc(NC(=O)Cc2c(C)noc2C)cc1. The third-order valence-electron chi connectivity index (χ3n) is 3.74. The van der Waals surface area contributed by atoms with Gasteiger partial charge in [0.25, 0.3) is 0 Å². The Morgan fingerprint density at radius 2 is 1.92 bits per heavy atom. The van der Waals surface area contributed by atoms with E-state index in [-0.39, 0.29) is 29.9 Å². The van der Waals surface area contributed by atoms with E-state index in [4.69, 9.17) is 9.26 Å². The van der Waals surface area contributed by atoms with E-state index in [1.165, 1.54) is 19.2 Å². The van der Waals surface area contributed by atoms with E-state index in [1.54, 1.807) is 32.9 Å². The highest BCUT2D eigenvalue weighted by molar-refractivity contribution is 7.89. The van der Waals surface area contributed by atoms with Gasteiger partial charge in [-0.1, -0.05) is 5.16 Å². The Labute approximate surface area is 153 Å². The zero-order chi connectivity index (χ0) is 19.3. The molecule has 142 valence electrons. The van der Waals surface area contributed by atoms with Gasteiger partial charge in [0.05, 0.1) is 23.6 Å². The highest BCUT2D eigenvalue weighted by atomic mass is 32.2. The van der Waals surface area contributed by atoms with Crippen LogP contribution in [0.3, 0.4) is 0 Å². The monoisotopic (exact) mass is 381 g/mol. The molecule has 2 rings (SSSR count). The standard InChI is InChI=1S/C17H23N3O5S/c1-11(10-24-4)20-26(22,23)15-7-5-14(6-8-15)18-17(21)9-16-12(2)19-25-13(16)3/h5-8,11,20H,9-10H2,1-4H3,(H,18,21). The average Bonchev–Trinajstić information content (AvgIpc) is 2.87. The number of rotatable bonds is 8. The second-order valence-electron chi connectivity index (χ2n) is 6.03. The van der Waals surface area contributed by atoms with E-state index >= 15 is 0 Å². The van der Waals surface area contributed by atoms with Crippen molar-refractivity contribution in [2.24, 2.45) is 0 Å². The van der Waals surface area contributed by atoms with Crippen molar-refractivity contribution in [3.63, 3.8) is 0 Å². The fourth-order valence-electron chi connectivity index (χ4n) is 2.45. The molecule has 0 bridgehead atoms. The molecule has 1 unspecified atom stereocenters. The zero-order valence-electron chi connectivity index (χ0n) is 15.2. The molecule has 1 aromatic heterocycles. The maximum absolute atomic E-state index is 12.3. The van der Waals surface area contributed by atoms with Crippen LogP contribution in [0.25, 0.3) is 0 Å². The Bertz CT molecular complexity index is 840. The number of carbonyl (C=O) groups is 1. The number of hydrogen-bond donors (Lipinski definition) is 2. The quantitative estimate of drug-likeness (QED) is 0.721. The summed E-state index contributed by atoms with van der Waals surface area (Å²) in [6.07, 6.45) is 0.136. The number of carbonyl (C=O) groups excluding carboxylic acids is 1. The van der Waals surface area contributed by atoms with Crippen LogP contribution in [0.5, 0.6) is 0 Å². The van der Waals surface area contributed by atoms with Crippen LogP contribution in [-0.2, 0) is 26.0 Å². The van der Waals surface area contributed by atoms with Crippen LogP contribution in [0, 0.1) is 13.8 Å². The third kappa shape index (κ3) is 5.13. The lowest BCUT2D eigenvalue weighted by atomic mass is 10.1. The minimum Gasteiger partial charge on any atom is -0.383 e. The molecule has 0 aliphatic rings. The van der Waals surface area contributed by atoms with E-state index < -0.39 is 10.0 Å². The highest BCUT2D eigenvalue weighted by Gasteiger charge is 2.18. The van der Waals surface area contributed by atoms with Gasteiger partial charge in [-0.05, 0) is 45.0 Å². The number of amides is 1. The Morgan fingerprint density at radius 1 is 1.27 bits per heavy atom. The largest absolute Gasteiger partial charge is 0.383 e. The fourth-order valence-corrected chi connectivity index (χ4v) is 3.68. The lowest BCUT2D eigenvalue weighted by Crippen LogP contribution is -2.35. The number of sulfonamides is 1. The summed E-state index contributed by atoms with van der Waals surface area (Å²) in [6, 6.07) is 5.61. The van der Waals surface area contributed by atoms with Gasteiger partial charge in [-0.15, -0.1) is 0 Å². The molecule has 8 nitrogen and oxygen atoms in total. The highest BCUT2D eigenvalue weighted by Crippen LogP contribution is 2.17. The van der Waals surface area contributed by atoms with Crippen molar-refractivity contribution in [2.75, 3.05) is 19.0 Å². The first-order valence-electron chi connectivity index (χ1n) is 8.06. The topological polar surface area (TPSA) is 111 Å². The summed E-state index contributed by atoms with van der Waals surface area (Å²) in [6.45, 7) is 5.51. The van der Waals surface area contributed by atoms with Gasteiger partial charge in [0.1, 0.15) is 5.76 Å². The van der Waals surface area contributed by atoms with E-state index in [9.17, 15) is 13.2 Å². The maximum atomic E-state index is 12.3. The van der Waals surface area contributed by atoms with Gasteiger partial charge in [-0.2, -0.15) is 0 Å². The van der Waals surface area contributed by atoms with Crippen LogP contribution in [0.4, 0.5) is 5.69 Å². The first kappa shape index (κ1) is 20.1. The molecular weight excluding hydrogens is 358 g/mol. The summed E-state index contributed by atoms with van der Waals surface area (Å²) >= 11 is 0. The lowest BCUT2D eigenvalue weighted by Gasteiger charge is -2.13. The van der Waals surface area contributed by atoms with Crippen LogP contribution in [-0.4, -0.2) is 39.2 Å². The number of aromatic nitrogens is 1. The number of nitrogens with one attached hydrogen (secondary N) is 2. The summed E-state index contributed by atoms with van der Waals surface area (Å²) in [4.78, 5) is 12.3. The normalized spacial score (nSPS) is 12.8. The molecule has 2 aromatic rings. The van der Waals surface area contributed by atoms with Crippen molar-refractivity contribution in [1.82, 2.24) is 9.88 Å². The summed E-state index contributed by atoms with van der Waals surface area (Å²) < 4.78 is 37.0. The number of ether oxygens (including phenoxy) is 1. The van der Waals surface area contributed by atoms with Gasteiger partial charge in [-0.3, -0.25) is 4.79 Å². The van der Waals surface area contributed by atoms with Crippen molar-refractivity contribution in [3.8, 4) is 0 Å². The number of nitrogens with zero attached hydrogens (tertiary/aromatic N) is 1. The predicted molar refractivity (Wildman–Crippen MR) is 96.4 cm³/mol. The second-order valence-corrected chi connectivity index (χ2v) is 7.74. The van der Waals surface area contributed by atoms with E-state index in [2.05, 4.69) is 15.2 Å². The van der Waals surface area contributed by atoms with Gasteiger partial charge >= 0.3 is 0 Å². The second kappa shape index (κ2) is 8.43. The zero-order valence-corrected chi connectivity index (χ0v) is 16.0. The molecule has 0 aliphatic heterocycles. The van der Waals surface area contributed by atoms with Crippen LogP contribution in [0.1, 0.15) is 23.9 Å². The first-order chi connectivity index (χ1) is 12.2. The summed E-state index contributed by atoms with van der Waals surface area (Å²) in [5.74, 6) is 0.372. The number of methoxy groups -OCH3 is 1. The molecule has 0 saturated heterocycles. The van der Waals surface area contributed by atoms with Gasteiger partial charge < -0.3 is 14.6 Å². The molecular formula is C17H23N3O5S. The van der Waals surface area contributed by atoms with Crippen molar-refractivity contribution in [1.29, 1.82) is 0 Å². The molecule has 2 N–H and O–H groups in total. The Balaban J connectivity index is 2.02. The average molecular weight is 381 g/mol. The van der Waals surface area contributed by atoms with Crippen LogP contribution in [0.15, 0.2) is 33.7 Å². The van der Waals surface area contributed by atoms with Crippen molar-refractivity contribution in [2.45, 2.75) is 38.1 Å². The minimum atomic E-state index is -3.64. The van der Waals surface area contributed by atoms with Crippen LogP contribution in [0.2, 0.25) is 0 Å². The number of hydrogen-bond acceptors (Lipinski definition) is 6. The van der Waals surface area contributed by atoms with Crippen molar-refractivity contribution in [3.05, 3.63) is 41.3 Å². The molecule has 1 aromatic carbocycles. The smallest absolute Gasteiger partial charge is 0.240 e. The van der Waals surface area contributed by atoms with E-state index in [1.807, 2.05) is 0 Å². The molecule has 0 fully saturated rings. The number of anilines is 1. The Kier molecular flexibility index (Phi) is 6.52. The molecule has 0 aliphatic carbocycles. The first-order valence-corrected chi connectivity index (χ1v) is 9.54. The van der Waals surface area contributed by atoms with Crippen molar-refractivity contribution < 1.29 is 22.5 Å². The van der Waals surface area contributed by atoms with E-state index in [0.717, 1.165) is 5.56 Å². The van der Waals surface area contributed by atoms with Gasteiger partial charge in [-0.25, -0.2) is 13.1 Å². The Hall–Kier alpha value is -2.23. The third-order valence-corrected chi connectivity index (χ3v) is 5.35. The van der Waals surface area contributed by atoms with Crippen LogP contribution < -0.4 is 10.0 Å². The number of benzene rings is 1. The predicted octanol–water partition coefficient (Wildman–Crippen LogP) is 1.79. The van der Waals surface area contributed by atoms with Crippen LogP contribution >= 0.6 is 0 Å². The molecule has 0 saturated carbocycles. The molecule has 1 amide bonds. The number of aryl methyl sites for hydroxylation is 2. The molecule has 9 heteroatoms. The lowest BCUT2D eigenvalue weighted by molar-refractivity contribution is -0.115. The van der Waals surface area contributed by atoms with Gasteiger partial charge in [0, 0.05) is 24.4 Å². The molecule has 1 atom stereocenters. The summed E-state index contributed by atoms with van der Waals surface area (Å²) in [7, 11) is -2.14. The fraction of sp³-hybridized carbons (Fsp3) is 0.412. The molecule has 26 heavy (non-hydrogen) atoms. The Morgan fingerprint density at radius 3 is 2.46 bits per heavy atom. The summed E-state index contributed by atoms with van der Waals surface area (Å²) in [5, 5.41) is 6.54. The van der Waals surface area contributed by atoms with Crippen molar-refractivity contribution >= 4 is 21.6 Å². The van der Waals surface area contributed by atoms with Gasteiger partial charge in [0.2, 0.25) is 15.9 Å². The van der Waals surface area contributed by atoms with Gasteiger partial charge in [0.15, 0.2) is 0 Å². The molecule has 0 radical (unpaired) electrons. The molecule has 0 spiro atoms.